The number of nitrogens with one attached hydrogen (secondary N) is 2. The van der Waals surface area contributed by atoms with Crippen LogP contribution in [0.1, 0.15) is 44.2 Å². The van der Waals surface area contributed by atoms with Crippen LogP contribution in [-0.4, -0.2) is 71.1 Å². The predicted octanol–water partition coefficient (Wildman–Crippen LogP) is 2.50. The number of benzene rings is 1. The molecule has 2 amide bonds. The first-order valence-electron chi connectivity index (χ1n) is 11.5. The number of aromatic amines is 1. The number of carbonyl (C=O) groups excluding carboxylic acids is 2. The predicted molar refractivity (Wildman–Crippen MR) is 122 cm³/mol. The summed E-state index contributed by atoms with van der Waals surface area (Å²) in [5, 5.41) is 11.3. The number of amides is 2. The van der Waals surface area contributed by atoms with Crippen LogP contribution >= 0.6 is 0 Å². The number of hydrogen-bond acceptors (Lipinski definition) is 4. The molecule has 1 spiro atoms. The number of likely N-dealkylation sites (tertiary alicyclic amines) is 2. The summed E-state index contributed by atoms with van der Waals surface area (Å²) >= 11 is 0. The number of likely N-dealkylation sites (N-methyl/N-ethyl adjacent to an activating group) is 1. The highest BCUT2D eigenvalue weighted by Gasteiger charge is 2.43. The van der Waals surface area contributed by atoms with Crippen molar-refractivity contribution in [1.82, 2.24) is 25.3 Å². The van der Waals surface area contributed by atoms with E-state index in [1.54, 1.807) is 0 Å². The van der Waals surface area contributed by atoms with E-state index in [-0.39, 0.29) is 29.2 Å². The Labute approximate surface area is 184 Å². The Morgan fingerprint density at radius 2 is 1.81 bits per heavy atom. The summed E-state index contributed by atoms with van der Waals surface area (Å²) in [7, 11) is 1.82. The second-order valence-corrected chi connectivity index (χ2v) is 9.70. The lowest BCUT2D eigenvalue weighted by Gasteiger charge is -2.40. The van der Waals surface area contributed by atoms with Crippen molar-refractivity contribution in [3.05, 3.63) is 29.5 Å². The number of nitrogens with zero attached hydrogens (tertiary/aromatic N) is 3. The second-order valence-electron chi connectivity index (χ2n) is 9.70. The maximum atomic E-state index is 13.2. The lowest BCUT2D eigenvalue weighted by molar-refractivity contribution is -0.137. The van der Waals surface area contributed by atoms with E-state index in [2.05, 4.69) is 39.5 Å². The molecule has 0 aliphatic carbocycles. The molecular weight excluding hydrogens is 390 g/mol. The Kier molecular flexibility index (Phi) is 6.06. The number of aryl methyl sites for hydroxylation is 1. The fourth-order valence-electron chi connectivity index (χ4n) is 5.31. The summed E-state index contributed by atoms with van der Waals surface area (Å²) in [4.78, 5) is 29.7. The van der Waals surface area contributed by atoms with Crippen LogP contribution < -0.4 is 5.32 Å². The number of aromatic nitrogens is 2. The van der Waals surface area contributed by atoms with E-state index in [1.165, 1.54) is 11.1 Å². The standard InChI is InChI=1S/C24H35N5O2/c1-16-11-19(13-20-14-26-27-21(16)20)12-17(2)22(30)29-10-7-24(15-29)5-8-28(9-6-24)23(31)18(3)25-4/h11,13-14,17-18,25H,5-10,12,15H2,1-4H3,(H,26,27)/t17?,18-/m1/s1. The Morgan fingerprint density at radius 3 is 2.48 bits per heavy atom. The van der Waals surface area contributed by atoms with Gasteiger partial charge in [-0.1, -0.05) is 13.0 Å². The van der Waals surface area contributed by atoms with Gasteiger partial charge in [-0.15, -0.1) is 0 Å². The summed E-state index contributed by atoms with van der Waals surface area (Å²) in [5.41, 5.74) is 3.60. The summed E-state index contributed by atoms with van der Waals surface area (Å²) in [6.45, 7) is 9.30. The average Bonchev–Trinajstić information content (AvgIpc) is 3.40. The van der Waals surface area contributed by atoms with Gasteiger partial charge < -0.3 is 15.1 Å². The Balaban J connectivity index is 1.34. The zero-order valence-corrected chi connectivity index (χ0v) is 19.2. The minimum atomic E-state index is -0.138. The minimum absolute atomic E-state index is 0.0444. The van der Waals surface area contributed by atoms with E-state index in [9.17, 15) is 9.59 Å². The first-order valence-corrected chi connectivity index (χ1v) is 11.5. The second kappa shape index (κ2) is 8.61. The molecule has 2 aromatic rings. The smallest absolute Gasteiger partial charge is 0.239 e. The quantitative estimate of drug-likeness (QED) is 0.771. The molecule has 1 unspecified atom stereocenters. The van der Waals surface area contributed by atoms with Crippen LogP contribution in [0.15, 0.2) is 18.3 Å². The van der Waals surface area contributed by atoms with E-state index in [0.717, 1.165) is 62.8 Å². The number of rotatable bonds is 5. The molecular formula is C24H35N5O2. The topological polar surface area (TPSA) is 81.3 Å². The van der Waals surface area contributed by atoms with Crippen molar-refractivity contribution < 1.29 is 9.59 Å². The fourth-order valence-corrected chi connectivity index (χ4v) is 5.31. The normalized spacial score (nSPS) is 20.4. The first kappa shape index (κ1) is 21.8. The van der Waals surface area contributed by atoms with Gasteiger partial charge in [-0.25, -0.2) is 0 Å². The summed E-state index contributed by atoms with van der Waals surface area (Å²) in [6, 6.07) is 4.16. The van der Waals surface area contributed by atoms with E-state index in [4.69, 9.17) is 0 Å². The van der Waals surface area contributed by atoms with Gasteiger partial charge in [0.15, 0.2) is 0 Å². The highest BCUT2D eigenvalue weighted by Crippen LogP contribution is 2.41. The van der Waals surface area contributed by atoms with Crippen molar-refractivity contribution in [3.63, 3.8) is 0 Å². The van der Waals surface area contributed by atoms with Crippen LogP contribution in [0.2, 0.25) is 0 Å². The third kappa shape index (κ3) is 4.33. The van der Waals surface area contributed by atoms with Crippen LogP contribution in [0.5, 0.6) is 0 Å². The summed E-state index contributed by atoms with van der Waals surface area (Å²) < 4.78 is 0. The first-order chi connectivity index (χ1) is 14.8. The van der Waals surface area contributed by atoms with Gasteiger partial charge in [0.05, 0.1) is 17.8 Å². The lowest BCUT2D eigenvalue weighted by atomic mass is 9.77. The van der Waals surface area contributed by atoms with Crippen LogP contribution in [0.25, 0.3) is 10.9 Å². The van der Waals surface area contributed by atoms with Crippen molar-refractivity contribution in [3.8, 4) is 0 Å². The van der Waals surface area contributed by atoms with E-state index in [0.29, 0.717) is 0 Å². The maximum Gasteiger partial charge on any atom is 0.239 e. The molecule has 31 heavy (non-hydrogen) atoms. The highest BCUT2D eigenvalue weighted by molar-refractivity contribution is 5.83. The van der Waals surface area contributed by atoms with Gasteiger partial charge >= 0.3 is 0 Å². The molecule has 2 fully saturated rings. The Bertz CT molecular complexity index is 960. The van der Waals surface area contributed by atoms with E-state index in [1.807, 2.05) is 32.0 Å². The van der Waals surface area contributed by atoms with E-state index < -0.39 is 0 Å². The molecule has 2 saturated heterocycles. The van der Waals surface area contributed by atoms with Gasteiger partial charge in [0.25, 0.3) is 0 Å². The average molecular weight is 426 g/mol. The van der Waals surface area contributed by atoms with Crippen molar-refractivity contribution in [1.29, 1.82) is 0 Å². The van der Waals surface area contributed by atoms with Gasteiger partial charge in [0, 0.05) is 37.5 Å². The molecule has 0 saturated carbocycles. The number of piperidine rings is 1. The molecule has 168 valence electrons. The largest absolute Gasteiger partial charge is 0.342 e. The van der Waals surface area contributed by atoms with Crippen LogP contribution in [0.4, 0.5) is 0 Å². The SMILES string of the molecule is CN[C@H](C)C(=O)N1CCC2(CCN(C(=O)C(C)Cc3cc(C)c4[nH]ncc4c3)C2)CC1. The number of hydrogen-bond donors (Lipinski definition) is 2. The van der Waals surface area contributed by atoms with Gasteiger partial charge in [0.1, 0.15) is 0 Å². The van der Waals surface area contributed by atoms with Gasteiger partial charge in [-0.05, 0) is 69.2 Å². The molecule has 1 aromatic carbocycles. The van der Waals surface area contributed by atoms with Crippen LogP contribution in [0.3, 0.4) is 0 Å². The number of fused-ring (bicyclic) bond motifs is 1. The molecule has 4 rings (SSSR count). The molecule has 3 heterocycles. The molecule has 7 heteroatoms. The van der Waals surface area contributed by atoms with Crippen LogP contribution in [-0.2, 0) is 16.0 Å². The van der Waals surface area contributed by atoms with Crippen molar-refractivity contribution >= 4 is 22.7 Å². The lowest BCUT2D eigenvalue weighted by Crippen LogP contribution is -2.50. The van der Waals surface area contributed by atoms with E-state index >= 15 is 0 Å². The van der Waals surface area contributed by atoms with Crippen molar-refractivity contribution in [2.24, 2.45) is 11.3 Å². The molecule has 7 nitrogen and oxygen atoms in total. The van der Waals surface area contributed by atoms with Crippen LogP contribution in [0, 0.1) is 18.3 Å². The molecule has 2 N–H and O–H groups in total. The minimum Gasteiger partial charge on any atom is -0.342 e. The third-order valence-electron chi connectivity index (χ3n) is 7.46. The van der Waals surface area contributed by atoms with Gasteiger partial charge in [-0.2, -0.15) is 5.10 Å². The zero-order valence-electron chi connectivity index (χ0n) is 19.2. The fraction of sp³-hybridized carbons (Fsp3) is 0.625. The molecule has 1 aromatic heterocycles. The van der Waals surface area contributed by atoms with Gasteiger partial charge in [-0.3, -0.25) is 14.7 Å². The maximum absolute atomic E-state index is 13.2. The number of carbonyl (C=O) groups is 2. The van der Waals surface area contributed by atoms with Crippen molar-refractivity contribution in [2.45, 2.75) is 52.5 Å². The molecule has 0 bridgehead atoms. The molecule has 2 aliphatic rings. The highest BCUT2D eigenvalue weighted by atomic mass is 16.2. The molecule has 2 atom stereocenters. The Morgan fingerprint density at radius 1 is 1.13 bits per heavy atom. The zero-order chi connectivity index (χ0) is 22.2. The molecule has 0 radical (unpaired) electrons. The van der Waals surface area contributed by atoms with Crippen molar-refractivity contribution in [2.75, 3.05) is 33.2 Å². The Hall–Kier alpha value is -2.41. The number of H-pyrrole nitrogens is 1. The summed E-state index contributed by atoms with van der Waals surface area (Å²) in [5.74, 6) is 0.392. The van der Waals surface area contributed by atoms with Gasteiger partial charge in [0.2, 0.25) is 11.8 Å². The summed E-state index contributed by atoms with van der Waals surface area (Å²) in [6.07, 6.45) is 5.62. The molecule has 2 aliphatic heterocycles. The monoisotopic (exact) mass is 425 g/mol. The third-order valence-corrected chi connectivity index (χ3v) is 7.46.